The predicted molar refractivity (Wildman–Crippen MR) is 79.9 cm³/mol. The Morgan fingerprint density at radius 1 is 0.955 bits per heavy atom. The minimum Gasteiger partial charge on any atom is -0.494 e. The van der Waals surface area contributed by atoms with Crippen molar-refractivity contribution in [3.8, 4) is 17.1 Å². The zero-order valence-corrected chi connectivity index (χ0v) is 11.3. The second-order valence-electron chi connectivity index (χ2n) is 4.85. The van der Waals surface area contributed by atoms with Crippen LogP contribution in [0.2, 0.25) is 0 Å². The van der Waals surface area contributed by atoms with Gasteiger partial charge in [0.2, 0.25) is 0 Å². The molecular formula is C16H10N4O2. The van der Waals surface area contributed by atoms with Gasteiger partial charge in [0, 0.05) is 35.9 Å². The van der Waals surface area contributed by atoms with Gasteiger partial charge in [0.1, 0.15) is 0 Å². The minimum atomic E-state index is -0.385. The Labute approximate surface area is 125 Å². The molecule has 22 heavy (non-hydrogen) atoms. The standard InChI is InChI=1S/C16H10N4O2/c21-15-11-12(14(20-15)10-4-2-6-18-8-10)16(22)19-13(11)9-3-1-5-17-7-9/h1-8,19,22H. The number of pyridine rings is 2. The van der Waals surface area contributed by atoms with E-state index >= 15 is 0 Å². The summed E-state index contributed by atoms with van der Waals surface area (Å²) in [6, 6.07) is 7.13. The van der Waals surface area contributed by atoms with Crippen LogP contribution in [0.25, 0.3) is 11.3 Å². The van der Waals surface area contributed by atoms with E-state index < -0.39 is 0 Å². The second kappa shape index (κ2) is 4.63. The molecule has 4 rings (SSSR count). The van der Waals surface area contributed by atoms with Crippen molar-refractivity contribution in [2.75, 3.05) is 0 Å². The average molecular weight is 290 g/mol. The van der Waals surface area contributed by atoms with Crippen LogP contribution in [0, 0.1) is 0 Å². The number of fused-ring (bicyclic) bond motifs is 1. The Morgan fingerprint density at radius 3 is 2.27 bits per heavy atom. The fourth-order valence-corrected chi connectivity index (χ4v) is 2.58. The number of rotatable bonds is 2. The molecule has 0 fully saturated rings. The van der Waals surface area contributed by atoms with Gasteiger partial charge in [-0.15, -0.1) is 0 Å². The third-order valence-electron chi connectivity index (χ3n) is 3.53. The highest BCUT2D eigenvalue weighted by atomic mass is 16.3. The molecule has 4 heterocycles. The first-order chi connectivity index (χ1) is 10.8. The molecule has 0 saturated heterocycles. The maximum Gasteiger partial charge on any atom is 0.280 e. The molecule has 1 aliphatic heterocycles. The van der Waals surface area contributed by atoms with Crippen LogP contribution in [0.15, 0.2) is 54.0 Å². The molecule has 1 amide bonds. The van der Waals surface area contributed by atoms with Crippen LogP contribution in [0.4, 0.5) is 0 Å². The molecular weight excluding hydrogens is 280 g/mol. The van der Waals surface area contributed by atoms with Crippen molar-refractivity contribution in [2.24, 2.45) is 4.99 Å². The van der Waals surface area contributed by atoms with Crippen LogP contribution in [-0.2, 0) is 0 Å². The molecule has 0 bridgehead atoms. The zero-order chi connectivity index (χ0) is 15.1. The van der Waals surface area contributed by atoms with Gasteiger partial charge in [-0.3, -0.25) is 14.8 Å². The first kappa shape index (κ1) is 12.5. The fourth-order valence-electron chi connectivity index (χ4n) is 2.58. The summed E-state index contributed by atoms with van der Waals surface area (Å²) in [5.41, 5.74) is 3.13. The molecule has 3 aromatic heterocycles. The Bertz CT molecular complexity index is 899. The van der Waals surface area contributed by atoms with E-state index in [1.807, 2.05) is 6.07 Å². The van der Waals surface area contributed by atoms with E-state index in [0.29, 0.717) is 28.1 Å². The lowest BCUT2D eigenvalue weighted by atomic mass is 10.0. The number of aromatic nitrogens is 3. The molecule has 3 aromatic rings. The second-order valence-corrected chi connectivity index (χ2v) is 4.85. The van der Waals surface area contributed by atoms with Gasteiger partial charge >= 0.3 is 0 Å². The van der Waals surface area contributed by atoms with Crippen molar-refractivity contribution < 1.29 is 9.90 Å². The summed E-state index contributed by atoms with van der Waals surface area (Å²) in [5.74, 6) is -0.466. The third-order valence-corrected chi connectivity index (χ3v) is 3.53. The van der Waals surface area contributed by atoms with Crippen LogP contribution < -0.4 is 0 Å². The summed E-state index contributed by atoms with van der Waals surface area (Å²) >= 11 is 0. The van der Waals surface area contributed by atoms with E-state index in [-0.39, 0.29) is 11.8 Å². The smallest absolute Gasteiger partial charge is 0.280 e. The summed E-state index contributed by atoms with van der Waals surface area (Å²) in [7, 11) is 0. The largest absolute Gasteiger partial charge is 0.494 e. The van der Waals surface area contributed by atoms with E-state index in [1.165, 1.54) is 0 Å². The highest BCUT2D eigenvalue weighted by Crippen LogP contribution is 2.37. The molecule has 0 aliphatic carbocycles. The van der Waals surface area contributed by atoms with Crippen molar-refractivity contribution in [1.82, 2.24) is 15.0 Å². The van der Waals surface area contributed by atoms with E-state index in [1.54, 1.807) is 43.0 Å². The highest BCUT2D eigenvalue weighted by Gasteiger charge is 2.33. The zero-order valence-electron chi connectivity index (χ0n) is 11.3. The summed E-state index contributed by atoms with van der Waals surface area (Å²) in [5, 5.41) is 10.2. The topological polar surface area (TPSA) is 91.2 Å². The van der Waals surface area contributed by atoms with E-state index in [2.05, 4.69) is 19.9 Å². The number of hydrogen-bond acceptors (Lipinski definition) is 4. The maximum absolute atomic E-state index is 12.3. The Hall–Kier alpha value is -3.28. The van der Waals surface area contributed by atoms with Gasteiger partial charge in [-0.25, -0.2) is 4.99 Å². The van der Waals surface area contributed by atoms with Gasteiger partial charge in [-0.1, -0.05) is 0 Å². The van der Waals surface area contributed by atoms with Crippen molar-refractivity contribution >= 4 is 11.6 Å². The van der Waals surface area contributed by atoms with Crippen molar-refractivity contribution in [2.45, 2.75) is 0 Å². The lowest BCUT2D eigenvalue weighted by molar-refractivity contribution is 0.101. The van der Waals surface area contributed by atoms with Crippen LogP contribution in [0.5, 0.6) is 5.88 Å². The van der Waals surface area contributed by atoms with E-state index in [0.717, 1.165) is 5.56 Å². The van der Waals surface area contributed by atoms with Gasteiger partial charge in [0.25, 0.3) is 5.91 Å². The number of nitrogens with one attached hydrogen (secondary N) is 1. The van der Waals surface area contributed by atoms with Crippen LogP contribution >= 0.6 is 0 Å². The van der Waals surface area contributed by atoms with Crippen molar-refractivity contribution in [3.05, 3.63) is 65.7 Å². The highest BCUT2D eigenvalue weighted by molar-refractivity contribution is 6.30. The molecule has 0 atom stereocenters. The molecule has 106 valence electrons. The SMILES string of the molecule is O=C1N=C(c2cccnc2)c2c(O)[nH]c(-c3cccnc3)c21. The molecule has 1 aliphatic rings. The summed E-state index contributed by atoms with van der Waals surface area (Å²) in [6.45, 7) is 0. The Balaban J connectivity index is 1.92. The molecule has 6 nitrogen and oxygen atoms in total. The average Bonchev–Trinajstić information content (AvgIpc) is 3.09. The number of carbonyl (C=O) groups excluding carboxylic acids is 1. The predicted octanol–water partition coefficient (Wildman–Crippen LogP) is 2.17. The number of carbonyl (C=O) groups is 1. The van der Waals surface area contributed by atoms with E-state index in [9.17, 15) is 9.90 Å². The molecule has 6 heteroatoms. The first-order valence-electron chi connectivity index (χ1n) is 6.65. The first-order valence-corrected chi connectivity index (χ1v) is 6.65. The summed E-state index contributed by atoms with van der Waals surface area (Å²) in [4.78, 5) is 27.3. The number of aromatic hydroxyl groups is 1. The Morgan fingerprint density at radius 2 is 1.64 bits per heavy atom. The fraction of sp³-hybridized carbons (Fsp3) is 0. The van der Waals surface area contributed by atoms with Crippen molar-refractivity contribution in [1.29, 1.82) is 0 Å². The summed E-state index contributed by atoms with van der Waals surface area (Å²) in [6.07, 6.45) is 6.52. The van der Waals surface area contributed by atoms with Crippen LogP contribution in [0.1, 0.15) is 21.5 Å². The molecule has 0 aromatic carbocycles. The number of nitrogens with zero attached hydrogens (tertiary/aromatic N) is 3. The number of hydrogen-bond donors (Lipinski definition) is 2. The number of H-pyrrole nitrogens is 1. The lowest BCUT2D eigenvalue weighted by Gasteiger charge is -1.99. The van der Waals surface area contributed by atoms with Gasteiger partial charge in [0.15, 0.2) is 5.88 Å². The van der Waals surface area contributed by atoms with Gasteiger partial charge in [-0.2, -0.15) is 0 Å². The molecule has 0 spiro atoms. The summed E-state index contributed by atoms with van der Waals surface area (Å²) < 4.78 is 0. The quantitative estimate of drug-likeness (QED) is 0.756. The molecule has 0 unspecified atom stereocenters. The normalized spacial score (nSPS) is 13.1. The van der Waals surface area contributed by atoms with Gasteiger partial charge in [-0.05, 0) is 24.3 Å². The van der Waals surface area contributed by atoms with Crippen LogP contribution in [0.3, 0.4) is 0 Å². The third kappa shape index (κ3) is 1.74. The van der Waals surface area contributed by atoms with Gasteiger partial charge in [0.05, 0.1) is 22.5 Å². The number of aromatic amines is 1. The minimum absolute atomic E-state index is 0.0812. The molecule has 0 radical (unpaired) electrons. The van der Waals surface area contributed by atoms with Crippen LogP contribution in [-0.4, -0.2) is 31.7 Å². The molecule has 2 N–H and O–H groups in total. The number of aliphatic imine (C=N–C) groups is 1. The Kier molecular flexibility index (Phi) is 2.62. The number of amides is 1. The van der Waals surface area contributed by atoms with Crippen molar-refractivity contribution in [3.63, 3.8) is 0 Å². The van der Waals surface area contributed by atoms with E-state index in [4.69, 9.17) is 0 Å². The monoisotopic (exact) mass is 290 g/mol. The maximum atomic E-state index is 12.3. The molecule has 0 saturated carbocycles. The lowest BCUT2D eigenvalue weighted by Crippen LogP contribution is -2.00. The van der Waals surface area contributed by atoms with Gasteiger partial charge < -0.3 is 10.1 Å².